The van der Waals surface area contributed by atoms with Crippen LogP contribution in [0.25, 0.3) is 0 Å². The summed E-state index contributed by atoms with van der Waals surface area (Å²) >= 11 is 0. The van der Waals surface area contributed by atoms with Crippen LogP contribution in [0.4, 0.5) is 4.79 Å². The van der Waals surface area contributed by atoms with Gasteiger partial charge in [-0.1, -0.05) is 0 Å². The van der Waals surface area contributed by atoms with Crippen molar-refractivity contribution in [2.24, 2.45) is 0 Å². The van der Waals surface area contributed by atoms with E-state index in [0.29, 0.717) is 13.2 Å². The number of carbonyl (C=O) groups is 2. The van der Waals surface area contributed by atoms with Crippen molar-refractivity contribution >= 4 is 21.8 Å². The topological polar surface area (TPSA) is 113 Å². The Kier molecular flexibility index (Phi) is 5.97. The SMILES string of the molecule is CC1CN(C(=O)NC(CCS(C)(=O)=O)C(=O)O)C(C)CO1. The zero-order valence-electron chi connectivity index (χ0n) is 12.4. The van der Waals surface area contributed by atoms with E-state index in [9.17, 15) is 18.0 Å². The van der Waals surface area contributed by atoms with Crippen LogP contribution in [0, 0.1) is 0 Å². The van der Waals surface area contributed by atoms with Gasteiger partial charge in [-0.2, -0.15) is 0 Å². The Hall–Kier alpha value is -1.35. The third-order valence-corrected chi connectivity index (χ3v) is 4.22. The van der Waals surface area contributed by atoms with E-state index in [1.54, 1.807) is 6.92 Å². The van der Waals surface area contributed by atoms with Crippen molar-refractivity contribution in [3.8, 4) is 0 Å². The van der Waals surface area contributed by atoms with Gasteiger partial charge in [0.25, 0.3) is 0 Å². The van der Waals surface area contributed by atoms with Gasteiger partial charge >= 0.3 is 12.0 Å². The maximum absolute atomic E-state index is 12.1. The number of nitrogens with zero attached hydrogens (tertiary/aromatic N) is 1. The fraction of sp³-hybridized carbons (Fsp3) is 0.833. The minimum atomic E-state index is -3.28. The molecule has 0 aromatic rings. The van der Waals surface area contributed by atoms with E-state index in [2.05, 4.69) is 5.32 Å². The van der Waals surface area contributed by atoms with E-state index < -0.39 is 27.9 Å². The lowest BCUT2D eigenvalue weighted by Crippen LogP contribution is -2.56. The zero-order chi connectivity index (χ0) is 16.2. The predicted octanol–water partition coefficient (Wildman–Crippen LogP) is -0.307. The summed E-state index contributed by atoms with van der Waals surface area (Å²) in [7, 11) is -3.28. The first-order valence-corrected chi connectivity index (χ1v) is 8.75. The minimum Gasteiger partial charge on any atom is -0.480 e. The van der Waals surface area contributed by atoms with Crippen LogP contribution >= 0.6 is 0 Å². The van der Waals surface area contributed by atoms with E-state index >= 15 is 0 Å². The minimum absolute atomic E-state index is 0.119. The molecule has 1 heterocycles. The van der Waals surface area contributed by atoms with Gasteiger partial charge in [-0.05, 0) is 20.3 Å². The molecular formula is C12H22N2O6S. The molecule has 1 aliphatic heterocycles. The molecule has 0 radical (unpaired) electrons. The Labute approximate surface area is 124 Å². The molecule has 1 saturated heterocycles. The van der Waals surface area contributed by atoms with Crippen molar-refractivity contribution in [3.63, 3.8) is 0 Å². The summed E-state index contributed by atoms with van der Waals surface area (Å²) in [6.07, 6.45) is 0.749. The quantitative estimate of drug-likeness (QED) is 0.718. The number of carbonyl (C=O) groups excluding carboxylic acids is 1. The first-order valence-electron chi connectivity index (χ1n) is 6.69. The summed E-state index contributed by atoms with van der Waals surface area (Å²) in [5.74, 6) is -1.54. The summed E-state index contributed by atoms with van der Waals surface area (Å²) in [5, 5.41) is 11.5. The van der Waals surface area contributed by atoms with Crippen LogP contribution in [0.1, 0.15) is 20.3 Å². The molecule has 0 aliphatic carbocycles. The summed E-state index contributed by atoms with van der Waals surface area (Å²) in [6.45, 7) is 4.38. The number of rotatable bonds is 5. The smallest absolute Gasteiger partial charge is 0.326 e. The second kappa shape index (κ2) is 7.08. The maximum Gasteiger partial charge on any atom is 0.326 e. The molecule has 3 unspecified atom stereocenters. The molecule has 1 rings (SSSR count). The highest BCUT2D eigenvalue weighted by Gasteiger charge is 2.30. The standard InChI is InChI=1S/C12H22N2O6S/c1-8-7-20-9(2)6-14(8)12(17)13-10(11(15)16)4-5-21(3,18)19/h8-10H,4-7H2,1-3H3,(H,13,17)(H,15,16). The molecule has 1 aliphatic rings. The lowest BCUT2D eigenvalue weighted by Gasteiger charge is -2.37. The second-order valence-electron chi connectivity index (χ2n) is 5.40. The summed E-state index contributed by atoms with van der Waals surface area (Å²) in [5.41, 5.74) is 0. The van der Waals surface area contributed by atoms with Crippen LogP contribution < -0.4 is 5.32 Å². The number of ether oxygens (including phenoxy) is 1. The fourth-order valence-electron chi connectivity index (χ4n) is 2.01. The molecule has 2 N–H and O–H groups in total. The molecule has 0 spiro atoms. The maximum atomic E-state index is 12.1. The van der Waals surface area contributed by atoms with Crippen LogP contribution in [0.3, 0.4) is 0 Å². The van der Waals surface area contributed by atoms with Gasteiger partial charge in [0, 0.05) is 12.8 Å². The number of amides is 2. The Morgan fingerprint density at radius 1 is 1.43 bits per heavy atom. The lowest BCUT2D eigenvalue weighted by molar-refractivity contribution is -0.139. The number of sulfone groups is 1. The number of hydrogen-bond acceptors (Lipinski definition) is 5. The first kappa shape index (κ1) is 17.7. The van der Waals surface area contributed by atoms with Crippen LogP contribution in [0.15, 0.2) is 0 Å². The molecule has 0 bridgehead atoms. The highest BCUT2D eigenvalue weighted by atomic mass is 32.2. The van der Waals surface area contributed by atoms with Gasteiger partial charge in [0.05, 0.1) is 24.5 Å². The average Bonchev–Trinajstić information content (AvgIpc) is 2.35. The van der Waals surface area contributed by atoms with Gasteiger partial charge in [-0.15, -0.1) is 0 Å². The number of aliphatic carboxylic acids is 1. The van der Waals surface area contributed by atoms with Gasteiger partial charge in [-0.3, -0.25) is 0 Å². The predicted molar refractivity (Wildman–Crippen MR) is 75.9 cm³/mol. The van der Waals surface area contributed by atoms with Gasteiger partial charge in [0.15, 0.2) is 0 Å². The molecule has 122 valence electrons. The number of morpholine rings is 1. The number of carboxylic acid groups (broad SMARTS) is 1. The van der Waals surface area contributed by atoms with E-state index in [1.807, 2.05) is 6.92 Å². The van der Waals surface area contributed by atoms with Crippen LogP contribution in [0.2, 0.25) is 0 Å². The molecule has 3 atom stereocenters. The molecule has 21 heavy (non-hydrogen) atoms. The monoisotopic (exact) mass is 322 g/mol. The van der Waals surface area contributed by atoms with E-state index in [4.69, 9.17) is 9.84 Å². The summed E-state index contributed by atoms with van der Waals surface area (Å²) in [6, 6.07) is -1.90. The third kappa shape index (κ3) is 5.88. The first-order chi connectivity index (χ1) is 9.60. The van der Waals surface area contributed by atoms with E-state index in [0.717, 1.165) is 6.26 Å². The van der Waals surface area contributed by atoms with Crippen molar-refractivity contribution in [1.29, 1.82) is 0 Å². The molecule has 0 aromatic carbocycles. The number of hydrogen-bond donors (Lipinski definition) is 2. The number of urea groups is 1. The Morgan fingerprint density at radius 3 is 2.57 bits per heavy atom. The molecule has 0 saturated carbocycles. The molecule has 0 aromatic heterocycles. The van der Waals surface area contributed by atoms with E-state index in [1.165, 1.54) is 4.90 Å². The number of nitrogens with one attached hydrogen (secondary N) is 1. The van der Waals surface area contributed by atoms with Crippen molar-refractivity contribution < 1.29 is 27.9 Å². The fourth-order valence-corrected chi connectivity index (χ4v) is 2.67. The van der Waals surface area contributed by atoms with Crippen molar-refractivity contribution in [2.75, 3.05) is 25.2 Å². The van der Waals surface area contributed by atoms with Crippen molar-refractivity contribution in [3.05, 3.63) is 0 Å². The highest BCUT2D eigenvalue weighted by molar-refractivity contribution is 7.90. The van der Waals surface area contributed by atoms with Crippen LogP contribution in [-0.4, -0.2) is 73.8 Å². The second-order valence-corrected chi connectivity index (χ2v) is 7.66. The van der Waals surface area contributed by atoms with Crippen LogP contribution in [-0.2, 0) is 19.4 Å². The highest BCUT2D eigenvalue weighted by Crippen LogP contribution is 2.12. The van der Waals surface area contributed by atoms with Crippen LogP contribution in [0.5, 0.6) is 0 Å². The molecule has 1 fully saturated rings. The van der Waals surface area contributed by atoms with Crippen molar-refractivity contribution in [1.82, 2.24) is 10.2 Å². The number of carboxylic acids is 1. The zero-order valence-corrected chi connectivity index (χ0v) is 13.2. The molecule has 2 amide bonds. The van der Waals surface area contributed by atoms with Gasteiger partial charge in [0.1, 0.15) is 15.9 Å². The Balaban J connectivity index is 2.65. The van der Waals surface area contributed by atoms with Crippen molar-refractivity contribution in [2.45, 2.75) is 38.5 Å². The molecule has 8 nitrogen and oxygen atoms in total. The van der Waals surface area contributed by atoms with Gasteiger partial charge < -0.3 is 20.1 Å². The average molecular weight is 322 g/mol. The van der Waals surface area contributed by atoms with E-state index in [-0.39, 0.29) is 24.3 Å². The van der Waals surface area contributed by atoms with Gasteiger partial charge in [-0.25, -0.2) is 18.0 Å². The normalized spacial score (nSPS) is 24.4. The molecular weight excluding hydrogens is 300 g/mol. The molecule has 9 heteroatoms. The van der Waals surface area contributed by atoms with Gasteiger partial charge in [0.2, 0.25) is 0 Å². The third-order valence-electron chi connectivity index (χ3n) is 3.24. The summed E-state index contributed by atoms with van der Waals surface area (Å²) < 4.78 is 27.6. The lowest BCUT2D eigenvalue weighted by atomic mass is 10.2. The Bertz CT molecular complexity index is 492. The summed E-state index contributed by atoms with van der Waals surface area (Å²) in [4.78, 5) is 24.8. The Morgan fingerprint density at radius 2 is 2.05 bits per heavy atom. The largest absolute Gasteiger partial charge is 0.480 e.